The smallest absolute Gasteiger partial charge is 0.404 e. The molecule has 0 saturated heterocycles. The number of hydrogen-bond acceptors (Lipinski definition) is 5. The third kappa shape index (κ3) is 2.92. The first-order chi connectivity index (χ1) is 8.66. The van der Waals surface area contributed by atoms with Gasteiger partial charge in [0.25, 0.3) is 0 Å². The Bertz CT molecular complexity index is 524. The van der Waals surface area contributed by atoms with Gasteiger partial charge in [-0.3, -0.25) is 15.1 Å². The first-order valence-corrected chi connectivity index (χ1v) is 5.54. The minimum Gasteiger partial charge on any atom is -0.404 e. The lowest BCUT2D eigenvalue weighted by Gasteiger charge is -2.11. The summed E-state index contributed by atoms with van der Waals surface area (Å²) >= 11 is 0. The number of aromatic nitrogens is 1. The fraction of sp³-hybridized carbons (Fsp3) is 0.250. The number of nitrogens with one attached hydrogen (secondary N) is 1. The van der Waals surface area contributed by atoms with Gasteiger partial charge in [-0.2, -0.15) is 0 Å². The normalized spacial score (nSPS) is 12.3. The van der Waals surface area contributed by atoms with Crippen LogP contribution in [0.3, 0.4) is 0 Å². The average molecular weight is 247 g/mol. The molecule has 0 aliphatic carbocycles. The first kappa shape index (κ1) is 12.3. The van der Waals surface area contributed by atoms with Crippen LogP contribution < -0.4 is 5.32 Å². The fourth-order valence-corrected chi connectivity index (χ4v) is 1.55. The first-order valence-electron chi connectivity index (χ1n) is 5.54. The molecular weight excluding hydrogens is 234 g/mol. The summed E-state index contributed by atoms with van der Waals surface area (Å²) in [5, 5.41) is 13.6. The summed E-state index contributed by atoms with van der Waals surface area (Å²) in [4.78, 5) is 14.1. The Kier molecular flexibility index (Phi) is 3.69. The van der Waals surface area contributed by atoms with Gasteiger partial charge in [0.1, 0.15) is 10.7 Å². The highest BCUT2D eigenvalue weighted by Gasteiger charge is 2.12. The molecule has 1 unspecified atom stereocenters. The molecular formula is C12H13N3O3. The zero-order chi connectivity index (χ0) is 13.0. The van der Waals surface area contributed by atoms with Crippen LogP contribution >= 0.6 is 0 Å². The van der Waals surface area contributed by atoms with Gasteiger partial charge >= 0.3 is 5.88 Å². The van der Waals surface area contributed by atoms with Crippen molar-refractivity contribution in [3.8, 4) is 0 Å². The van der Waals surface area contributed by atoms with Crippen LogP contribution in [-0.4, -0.2) is 9.91 Å². The van der Waals surface area contributed by atoms with Gasteiger partial charge in [-0.25, -0.2) is 0 Å². The van der Waals surface area contributed by atoms with E-state index in [-0.39, 0.29) is 11.9 Å². The summed E-state index contributed by atoms with van der Waals surface area (Å²) in [6.07, 6.45) is 1.73. The quantitative estimate of drug-likeness (QED) is 0.648. The predicted octanol–water partition coefficient (Wildman–Crippen LogP) is 2.43. The van der Waals surface area contributed by atoms with Crippen molar-refractivity contribution in [2.45, 2.75) is 19.5 Å². The molecule has 0 aliphatic rings. The fourth-order valence-electron chi connectivity index (χ4n) is 1.55. The van der Waals surface area contributed by atoms with Crippen LogP contribution in [0.15, 0.2) is 40.9 Å². The zero-order valence-electron chi connectivity index (χ0n) is 9.87. The van der Waals surface area contributed by atoms with E-state index in [0.29, 0.717) is 12.3 Å². The van der Waals surface area contributed by atoms with Crippen molar-refractivity contribution in [2.24, 2.45) is 0 Å². The van der Waals surface area contributed by atoms with Gasteiger partial charge in [0.2, 0.25) is 0 Å². The average Bonchev–Trinajstić information content (AvgIpc) is 2.86. The van der Waals surface area contributed by atoms with Crippen LogP contribution in [0.2, 0.25) is 0 Å². The standard InChI is InChI=1S/C12H13N3O3/c1-9(11-4-2-3-7-13-11)14-8-10-5-6-12(18-10)15(16)17/h2-7,9,14H,8H2,1H3. The highest BCUT2D eigenvalue weighted by molar-refractivity contribution is 5.18. The molecule has 6 heteroatoms. The van der Waals surface area contributed by atoms with Crippen LogP contribution in [0.25, 0.3) is 0 Å². The third-order valence-corrected chi connectivity index (χ3v) is 2.54. The van der Waals surface area contributed by atoms with Gasteiger partial charge in [-0.1, -0.05) is 6.07 Å². The van der Waals surface area contributed by atoms with Gasteiger partial charge in [0.15, 0.2) is 0 Å². The van der Waals surface area contributed by atoms with E-state index in [9.17, 15) is 10.1 Å². The number of rotatable bonds is 5. The number of pyridine rings is 1. The molecule has 0 spiro atoms. The molecule has 0 radical (unpaired) electrons. The Hall–Kier alpha value is -2.21. The van der Waals surface area contributed by atoms with Gasteiger partial charge in [-0.05, 0) is 25.1 Å². The molecule has 6 nitrogen and oxygen atoms in total. The van der Waals surface area contributed by atoms with E-state index in [2.05, 4.69) is 10.3 Å². The number of furan rings is 1. The maximum Gasteiger partial charge on any atom is 0.433 e. The maximum atomic E-state index is 10.5. The minimum atomic E-state index is -0.550. The predicted molar refractivity (Wildman–Crippen MR) is 64.9 cm³/mol. The summed E-state index contributed by atoms with van der Waals surface area (Å²) in [6.45, 7) is 2.39. The van der Waals surface area contributed by atoms with Crippen molar-refractivity contribution < 1.29 is 9.34 Å². The van der Waals surface area contributed by atoms with Crippen molar-refractivity contribution in [3.63, 3.8) is 0 Å². The van der Waals surface area contributed by atoms with Gasteiger partial charge in [-0.15, -0.1) is 0 Å². The van der Waals surface area contributed by atoms with Crippen LogP contribution in [0.1, 0.15) is 24.4 Å². The lowest BCUT2D eigenvalue weighted by Crippen LogP contribution is -2.18. The Morgan fingerprint density at radius 3 is 2.89 bits per heavy atom. The number of nitrogens with zero attached hydrogens (tertiary/aromatic N) is 2. The second kappa shape index (κ2) is 5.42. The van der Waals surface area contributed by atoms with Crippen LogP contribution in [0, 0.1) is 10.1 Å². The Morgan fingerprint density at radius 2 is 2.28 bits per heavy atom. The maximum absolute atomic E-state index is 10.5. The summed E-state index contributed by atoms with van der Waals surface area (Å²) in [7, 11) is 0. The summed E-state index contributed by atoms with van der Waals surface area (Å²) in [5.41, 5.74) is 0.915. The van der Waals surface area contributed by atoms with E-state index in [1.54, 1.807) is 12.3 Å². The molecule has 2 aromatic heterocycles. The molecule has 2 rings (SSSR count). The molecule has 0 fully saturated rings. The molecule has 2 heterocycles. The third-order valence-electron chi connectivity index (χ3n) is 2.54. The zero-order valence-corrected chi connectivity index (χ0v) is 9.87. The monoisotopic (exact) mass is 247 g/mol. The molecule has 0 amide bonds. The van der Waals surface area contributed by atoms with E-state index in [0.717, 1.165) is 5.69 Å². The molecule has 1 atom stereocenters. The van der Waals surface area contributed by atoms with Crippen LogP contribution in [0.5, 0.6) is 0 Å². The molecule has 94 valence electrons. The number of nitro groups is 1. The molecule has 0 saturated carbocycles. The van der Waals surface area contributed by atoms with Crippen LogP contribution in [-0.2, 0) is 6.54 Å². The lowest BCUT2D eigenvalue weighted by atomic mass is 10.2. The second-order valence-corrected chi connectivity index (χ2v) is 3.85. The van der Waals surface area contributed by atoms with E-state index in [1.807, 2.05) is 25.1 Å². The summed E-state index contributed by atoms with van der Waals surface area (Å²) < 4.78 is 5.05. The number of hydrogen-bond donors (Lipinski definition) is 1. The van der Waals surface area contributed by atoms with Crippen molar-refractivity contribution in [3.05, 3.63) is 58.1 Å². The van der Waals surface area contributed by atoms with Crippen LogP contribution in [0.4, 0.5) is 5.88 Å². The second-order valence-electron chi connectivity index (χ2n) is 3.85. The lowest BCUT2D eigenvalue weighted by molar-refractivity contribution is -0.402. The van der Waals surface area contributed by atoms with Crippen molar-refractivity contribution >= 4 is 5.88 Å². The highest BCUT2D eigenvalue weighted by atomic mass is 16.6. The highest BCUT2D eigenvalue weighted by Crippen LogP contribution is 2.16. The molecule has 1 N–H and O–H groups in total. The molecule has 0 aliphatic heterocycles. The molecule has 18 heavy (non-hydrogen) atoms. The van der Waals surface area contributed by atoms with Crippen molar-refractivity contribution in [2.75, 3.05) is 0 Å². The Balaban J connectivity index is 1.93. The van der Waals surface area contributed by atoms with Gasteiger partial charge in [0.05, 0.1) is 18.3 Å². The molecule has 2 aromatic rings. The van der Waals surface area contributed by atoms with Crippen molar-refractivity contribution in [1.29, 1.82) is 0 Å². The van der Waals surface area contributed by atoms with Gasteiger partial charge in [0, 0.05) is 12.2 Å². The summed E-state index contributed by atoms with van der Waals surface area (Å²) in [6, 6.07) is 8.68. The van der Waals surface area contributed by atoms with Gasteiger partial charge < -0.3 is 9.73 Å². The molecule has 0 aromatic carbocycles. The minimum absolute atomic E-state index is 0.0513. The Labute approximate surface area is 104 Å². The Morgan fingerprint density at radius 1 is 1.44 bits per heavy atom. The summed E-state index contributed by atoms with van der Waals surface area (Å²) in [5.74, 6) is 0.293. The topological polar surface area (TPSA) is 81.2 Å². The molecule has 0 bridgehead atoms. The van der Waals surface area contributed by atoms with E-state index in [1.165, 1.54) is 6.07 Å². The van der Waals surface area contributed by atoms with E-state index < -0.39 is 4.92 Å². The van der Waals surface area contributed by atoms with E-state index >= 15 is 0 Å². The SMILES string of the molecule is CC(NCc1ccc([N+](=O)[O-])o1)c1ccccn1. The van der Waals surface area contributed by atoms with Crippen molar-refractivity contribution in [1.82, 2.24) is 10.3 Å². The van der Waals surface area contributed by atoms with E-state index in [4.69, 9.17) is 4.42 Å². The largest absolute Gasteiger partial charge is 0.433 e.